The van der Waals surface area contributed by atoms with E-state index in [1.165, 1.54) is 33.3 Å². The molecule has 11 nitrogen and oxygen atoms in total. The van der Waals surface area contributed by atoms with Crippen LogP contribution in [0.1, 0.15) is 64.9 Å². The lowest BCUT2D eigenvalue weighted by molar-refractivity contribution is -0.181. The van der Waals surface area contributed by atoms with E-state index in [-0.39, 0.29) is 57.6 Å². The van der Waals surface area contributed by atoms with E-state index in [0.717, 1.165) is 0 Å². The molecule has 0 fully saturated rings. The Morgan fingerprint density at radius 3 is 2.10 bits per heavy atom. The summed E-state index contributed by atoms with van der Waals surface area (Å²) in [6.45, 7) is 9.37. The van der Waals surface area contributed by atoms with E-state index in [1.54, 1.807) is 46.8 Å². The molecule has 0 unspecified atom stereocenters. The van der Waals surface area contributed by atoms with Gasteiger partial charge in [0, 0.05) is 39.3 Å². The van der Waals surface area contributed by atoms with Crippen molar-refractivity contribution in [3.05, 3.63) is 46.6 Å². The number of phenolic OH excluding ortho intramolecular Hbond substituents is 2. The molecule has 226 valence electrons. The molecule has 2 aliphatic rings. The Hall–Kier alpha value is -4.38. The number of methoxy groups -OCH3 is 2. The Bertz CT molecular complexity index is 1480. The van der Waals surface area contributed by atoms with Gasteiger partial charge in [0.05, 0.1) is 14.2 Å². The van der Waals surface area contributed by atoms with Gasteiger partial charge in [-0.1, -0.05) is 19.1 Å². The number of carbonyl (C=O) groups is 2. The summed E-state index contributed by atoms with van der Waals surface area (Å²) < 4.78 is 33.9. The van der Waals surface area contributed by atoms with Crippen LogP contribution in [-0.2, 0) is 19.1 Å². The molecule has 0 saturated carbocycles. The van der Waals surface area contributed by atoms with Gasteiger partial charge < -0.3 is 43.7 Å². The second-order valence-electron chi connectivity index (χ2n) is 10.4. The van der Waals surface area contributed by atoms with E-state index in [9.17, 15) is 24.9 Å². The van der Waals surface area contributed by atoms with Crippen LogP contribution in [-0.4, -0.2) is 53.9 Å². The Balaban J connectivity index is 2.18. The number of aromatic hydroxyl groups is 2. The summed E-state index contributed by atoms with van der Waals surface area (Å²) in [7, 11) is 2.68. The van der Waals surface area contributed by atoms with Gasteiger partial charge in [0.1, 0.15) is 11.7 Å². The SMILES string of the molecule is CC=C(C)C(=O)O[C@@H]1c2cc3c(c(O)c2-c2c(cc(OC)c(OC)c2O)[C@H](OC(=O)C(C)=CC)[C@@](C)(O)[C@H]1C)OCO3. The largest absolute Gasteiger partial charge is 0.504 e. The standard InChI is InChI=1S/C31H36O11/c1-9-14(3)29(34)41-25-16(5)31(6,36)28(42-30(35)15(4)10-2)18-12-19(37-7)26(38-8)23(32)22(18)21-17(25)11-20-27(24(21)33)40-13-39-20/h9-12,16,25,28,32-33,36H,13H2,1-8H3/t16-,25-,28-,31-/m0/s1. The Labute approximate surface area is 243 Å². The van der Waals surface area contributed by atoms with Crippen molar-refractivity contribution in [1.82, 2.24) is 0 Å². The van der Waals surface area contributed by atoms with Crippen LogP contribution >= 0.6 is 0 Å². The third-order valence-electron chi connectivity index (χ3n) is 8.06. The topological polar surface area (TPSA) is 150 Å². The normalized spacial score (nSPS) is 23.2. The highest BCUT2D eigenvalue weighted by atomic mass is 16.7. The maximum atomic E-state index is 13.2. The molecule has 42 heavy (non-hydrogen) atoms. The molecular weight excluding hydrogens is 548 g/mol. The number of hydrogen-bond acceptors (Lipinski definition) is 11. The fraction of sp³-hybridized carbons (Fsp3) is 0.419. The van der Waals surface area contributed by atoms with Crippen molar-refractivity contribution in [1.29, 1.82) is 0 Å². The molecule has 2 aromatic rings. The number of allylic oxidation sites excluding steroid dienone is 2. The second-order valence-corrected chi connectivity index (χ2v) is 10.4. The molecule has 4 atom stereocenters. The smallest absolute Gasteiger partial charge is 0.334 e. The number of rotatable bonds is 6. The first-order valence-corrected chi connectivity index (χ1v) is 13.4. The highest BCUT2D eigenvalue weighted by Gasteiger charge is 2.51. The van der Waals surface area contributed by atoms with Crippen molar-refractivity contribution in [2.45, 2.75) is 59.4 Å². The van der Waals surface area contributed by atoms with Gasteiger partial charge in [-0.15, -0.1) is 0 Å². The molecule has 0 saturated heterocycles. The van der Waals surface area contributed by atoms with Crippen molar-refractivity contribution in [2.75, 3.05) is 21.0 Å². The Morgan fingerprint density at radius 1 is 0.929 bits per heavy atom. The average molecular weight is 585 g/mol. The van der Waals surface area contributed by atoms with Crippen LogP contribution in [0.2, 0.25) is 0 Å². The first-order chi connectivity index (χ1) is 19.8. The quantitative estimate of drug-likeness (QED) is 0.310. The van der Waals surface area contributed by atoms with Crippen LogP contribution in [0.4, 0.5) is 0 Å². The molecule has 3 N–H and O–H groups in total. The lowest BCUT2D eigenvalue weighted by Crippen LogP contribution is -2.46. The van der Waals surface area contributed by atoms with Crippen molar-refractivity contribution in [2.24, 2.45) is 5.92 Å². The van der Waals surface area contributed by atoms with Crippen LogP contribution in [0, 0.1) is 5.92 Å². The maximum absolute atomic E-state index is 13.2. The van der Waals surface area contributed by atoms with Crippen molar-refractivity contribution in [3.63, 3.8) is 0 Å². The molecule has 4 rings (SSSR count). The van der Waals surface area contributed by atoms with Gasteiger partial charge in [0.15, 0.2) is 29.1 Å². The summed E-state index contributed by atoms with van der Waals surface area (Å²) in [5.74, 6) is -3.10. The molecule has 0 aromatic heterocycles. The van der Waals surface area contributed by atoms with Crippen LogP contribution in [0.5, 0.6) is 34.5 Å². The van der Waals surface area contributed by atoms with E-state index in [4.69, 9.17) is 28.4 Å². The first kappa shape index (κ1) is 30.6. The van der Waals surface area contributed by atoms with Gasteiger partial charge in [0.2, 0.25) is 18.3 Å². The minimum Gasteiger partial charge on any atom is -0.504 e. The summed E-state index contributed by atoms with van der Waals surface area (Å²) in [4.78, 5) is 26.3. The fourth-order valence-corrected chi connectivity index (χ4v) is 5.12. The predicted molar refractivity (Wildman–Crippen MR) is 151 cm³/mol. The average Bonchev–Trinajstić information content (AvgIpc) is 3.45. The highest BCUT2D eigenvalue weighted by Crippen LogP contribution is 2.60. The van der Waals surface area contributed by atoms with Crippen LogP contribution in [0.25, 0.3) is 11.1 Å². The third-order valence-corrected chi connectivity index (χ3v) is 8.06. The van der Waals surface area contributed by atoms with Gasteiger partial charge in [-0.25, -0.2) is 9.59 Å². The first-order valence-electron chi connectivity index (χ1n) is 13.4. The van der Waals surface area contributed by atoms with Crippen molar-refractivity contribution < 1.29 is 53.3 Å². The van der Waals surface area contributed by atoms with Gasteiger partial charge in [-0.3, -0.25) is 0 Å². The monoisotopic (exact) mass is 584 g/mol. The molecular formula is C31H36O11. The van der Waals surface area contributed by atoms with Crippen LogP contribution in [0.3, 0.4) is 0 Å². The van der Waals surface area contributed by atoms with Gasteiger partial charge in [-0.2, -0.15) is 0 Å². The number of esters is 2. The number of hydrogen-bond donors (Lipinski definition) is 3. The summed E-state index contributed by atoms with van der Waals surface area (Å²) in [6.07, 6.45) is 0.442. The van der Waals surface area contributed by atoms with E-state index in [1.807, 2.05) is 0 Å². The molecule has 1 heterocycles. The zero-order chi connectivity index (χ0) is 31.1. The molecule has 2 aromatic carbocycles. The number of phenols is 2. The van der Waals surface area contributed by atoms with Crippen LogP contribution < -0.4 is 18.9 Å². The summed E-state index contributed by atoms with van der Waals surface area (Å²) >= 11 is 0. The van der Waals surface area contributed by atoms with E-state index in [0.29, 0.717) is 5.57 Å². The summed E-state index contributed by atoms with van der Waals surface area (Å²) in [6, 6.07) is 2.99. The van der Waals surface area contributed by atoms with E-state index in [2.05, 4.69) is 0 Å². The van der Waals surface area contributed by atoms with Gasteiger partial charge in [0.25, 0.3) is 0 Å². The van der Waals surface area contributed by atoms with Crippen LogP contribution in [0.15, 0.2) is 35.4 Å². The number of fused-ring (bicyclic) bond motifs is 4. The Morgan fingerprint density at radius 2 is 1.52 bits per heavy atom. The molecule has 1 aliphatic carbocycles. The molecule has 0 bridgehead atoms. The maximum Gasteiger partial charge on any atom is 0.334 e. The molecule has 11 heteroatoms. The lowest BCUT2D eigenvalue weighted by atomic mass is 9.71. The zero-order valence-electron chi connectivity index (χ0n) is 24.9. The van der Waals surface area contributed by atoms with Crippen molar-refractivity contribution >= 4 is 11.9 Å². The highest BCUT2D eigenvalue weighted by molar-refractivity contribution is 5.91. The molecule has 1 aliphatic heterocycles. The fourth-order valence-electron chi connectivity index (χ4n) is 5.12. The van der Waals surface area contributed by atoms with Gasteiger partial charge >= 0.3 is 11.9 Å². The minimum absolute atomic E-state index is 0.00175. The lowest BCUT2D eigenvalue weighted by Gasteiger charge is -2.43. The molecule has 0 spiro atoms. The number of aliphatic hydroxyl groups is 1. The zero-order valence-corrected chi connectivity index (χ0v) is 24.9. The number of ether oxygens (including phenoxy) is 6. The number of benzene rings is 2. The number of carbonyl (C=O) groups excluding carboxylic acids is 2. The van der Waals surface area contributed by atoms with Gasteiger partial charge in [-0.05, 0) is 46.8 Å². The Kier molecular flexibility index (Phi) is 8.36. The predicted octanol–water partition coefficient (Wildman–Crippen LogP) is 5.01. The molecule has 0 radical (unpaired) electrons. The summed E-state index contributed by atoms with van der Waals surface area (Å²) in [5.41, 5.74) is -1.09. The third kappa shape index (κ3) is 4.87. The second kappa shape index (κ2) is 11.5. The van der Waals surface area contributed by atoms with E-state index < -0.39 is 47.2 Å². The van der Waals surface area contributed by atoms with Crippen molar-refractivity contribution in [3.8, 4) is 45.6 Å². The van der Waals surface area contributed by atoms with E-state index >= 15 is 0 Å². The summed E-state index contributed by atoms with van der Waals surface area (Å²) in [5, 5.41) is 35.5. The minimum atomic E-state index is -1.93. The molecule has 0 amide bonds.